The molecular weight excluding hydrogens is 394 g/mol. The van der Waals surface area contributed by atoms with Crippen molar-refractivity contribution in [1.82, 2.24) is 9.88 Å². The number of aromatic nitrogens is 1. The van der Waals surface area contributed by atoms with Crippen LogP contribution in [0.2, 0.25) is 0 Å². The molecular formula is C24H25N3O2S. The van der Waals surface area contributed by atoms with Crippen molar-refractivity contribution in [2.75, 3.05) is 18.4 Å². The van der Waals surface area contributed by atoms with Gasteiger partial charge in [-0.05, 0) is 37.0 Å². The van der Waals surface area contributed by atoms with Crippen molar-refractivity contribution in [3.05, 3.63) is 71.7 Å². The number of thiazole rings is 1. The van der Waals surface area contributed by atoms with Gasteiger partial charge in [-0.3, -0.25) is 9.59 Å². The van der Waals surface area contributed by atoms with Gasteiger partial charge >= 0.3 is 0 Å². The molecule has 0 spiro atoms. The predicted molar refractivity (Wildman–Crippen MR) is 120 cm³/mol. The second-order valence-electron chi connectivity index (χ2n) is 7.55. The predicted octanol–water partition coefficient (Wildman–Crippen LogP) is 4.62. The Hall–Kier alpha value is -2.99. The Labute approximate surface area is 180 Å². The molecule has 30 heavy (non-hydrogen) atoms. The molecule has 0 aliphatic carbocycles. The van der Waals surface area contributed by atoms with E-state index in [9.17, 15) is 9.59 Å². The molecule has 4 rings (SSSR count). The summed E-state index contributed by atoms with van der Waals surface area (Å²) in [4.78, 5) is 31.5. The molecule has 6 heteroatoms. The molecule has 2 aromatic carbocycles. The lowest BCUT2D eigenvalue weighted by Crippen LogP contribution is -2.41. The van der Waals surface area contributed by atoms with Crippen LogP contribution in [-0.2, 0) is 16.0 Å². The number of piperidine rings is 1. The highest BCUT2D eigenvalue weighted by Gasteiger charge is 2.27. The minimum absolute atomic E-state index is 0.0303. The fourth-order valence-electron chi connectivity index (χ4n) is 3.79. The molecule has 1 saturated heterocycles. The summed E-state index contributed by atoms with van der Waals surface area (Å²) in [5.74, 6) is 0.142. The number of aryl methyl sites for hydroxylation is 1. The van der Waals surface area contributed by atoms with E-state index >= 15 is 0 Å². The molecule has 2 amide bonds. The van der Waals surface area contributed by atoms with Crippen LogP contribution in [0.4, 0.5) is 5.69 Å². The molecule has 1 aliphatic heterocycles. The fraction of sp³-hybridized carbons (Fsp3) is 0.292. The number of nitrogens with zero attached hydrogens (tertiary/aromatic N) is 2. The van der Waals surface area contributed by atoms with Gasteiger partial charge in [0.2, 0.25) is 11.8 Å². The minimum Gasteiger partial charge on any atom is -0.343 e. The van der Waals surface area contributed by atoms with Crippen molar-refractivity contribution in [2.24, 2.45) is 5.92 Å². The first-order valence-corrected chi connectivity index (χ1v) is 11.2. The maximum absolute atomic E-state index is 12.7. The zero-order chi connectivity index (χ0) is 20.8. The van der Waals surface area contributed by atoms with Gasteiger partial charge in [-0.2, -0.15) is 0 Å². The van der Waals surface area contributed by atoms with Gasteiger partial charge in [-0.15, -0.1) is 11.3 Å². The molecule has 0 saturated carbocycles. The third-order valence-electron chi connectivity index (χ3n) is 5.50. The van der Waals surface area contributed by atoms with Crippen LogP contribution in [0, 0.1) is 5.92 Å². The van der Waals surface area contributed by atoms with Crippen LogP contribution in [0.15, 0.2) is 66.2 Å². The molecule has 0 atom stereocenters. The van der Waals surface area contributed by atoms with E-state index in [1.807, 2.05) is 64.9 Å². The molecule has 1 fully saturated rings. The van der Waals surface area contributed by atoms with Gasteiger partial charge in [0, 0.05) is 48.3 Å². The van der Waals surface area contributed by atoms with E-state index in [2.05, 4.69) is 10.3 Å². The lowest BCUT2D eigenvalue weighted by molar-refractivity contribution is -0.134. The monoisotopic (exact) mass is 419 g/mol. The number of carbonyl (C=O) groups excluding carboxylic acids is 2. The van der Waals surface area contributed by atoms with Crippen LogP contribution >= 0.6 is 11.3 Å². The van der Waals surface area contributed by atoms with Gasteiger partial charge in [-0.25, -0.2) is 4.98 Å². The SMILES string of the molecule is O=C(Nc1cccc(-c2nccs2)c1)C1CCN(C(=O)CCc2ccccc2)CC1. The highest BCUT2D eigenvalue weighted by molar-refractivity contribution is 7.13. The number of amides is 2. The van der Waals surface area contributed by atoms with Crippen LogP contribution in [0.1, 0.15) is 24.8 Å². The number of carbonyl (C=O) groups is 2. The lowest BCUT2D eigenvalue weighted by Gasteiger charge is -2.31. The van der Waals surface area contributed by atoms with Crippen molar-refractivity contribution in [2.45, 2.75) is 25.7 Å². The first-order chi connectivity index (χ1) is 14.7. The number of benzene rings is 2. The zero-order valence-corrected chi connectivity index (χ0v) is 17.6. The summed E-state index contributed by atoms with van der Waals surface area (Å²) >= 11 is 1.58. The fourth-order valence-corrected chi connectivity index (χ4v) is 4.42. The lowest BCUT2D eigenvalue weighted by atomic mass is 9.95. The summed E-state index contributed by atoms with van der Waals surface area (Å²) in [6.07, 6.45) is 4.46. The van der Waals surface area contributed by atoms with E-state index in [0.29, 0.717) is 32.4 Å². The van der Waals surface area contributed by atoms with Crippen molar-refractivity contribution in [1.29, 1.82) is 0 Å². The van der Waals surface area contributed by atoms with E-state index in [0.717, 1.165) is 22.7 Å². The molecule has 154 valence electrons. The first-order valence-electron chi connectivity index (χ1n) is 10.3. The average Bonchev–Trinajstić information content (AvgIpc) is 3.33. The highest BCUT2D eigenvalue weighted by atomic mass is 32.1. The highest BCUT2D eigenvalue weighted by Crippen LogP contribution is 2.26. The van der Waals surface area contributed by atoms with Crippen molar-refractivity contribution in [3.63, 3.8) is 0 Å². The molecule has 5 nitrogen and oxygen atoms in total. The van der Waals surface area contributed by atoms with E-state index in [4.69, 9.17) is 0 Å². The number of hydrogen-bond donors (Lipinski definition) is 1. The van der Waals surface area contributed by atoms with Gasteiger partial charge in [0.05, 0.1) is 0 Å². The van der Waals surface area contributed by atoms with Gasteiger partial charge < -0.3 is 10.2 Å². The first kappa shape index (κ1) is 20.3. The van der Waals surface area contributed by atoms with Gasteiger partial charge in [0.1, 0.15) is 5.01 Å². The average molecular weight is 420 g/mol. The van der Waals surface area contributed by atoms with Crippen molar-refractivity contribution in [3.8, 4) is 10.6 Å². The summed E-state index contributed by atoms with van der Waals surface area (Å²) in [6.45, 7) is 1.29. The Bertz CT molecular complexity index is 981. The normalized spacial score (nSPS) is 14.5. The number of nitrogens with one attached hydrogen (secondary N) is 1. The summed E-state index contributed by atoms with van der Waals surface area (Å²) < 4.78 is 0. The van der Waals surface area contributed by atoms with E-state index in [1.165, 1.54) is 5.56 Å². The van der Waals surface area contributed by atoms with Crippen LogP contribution in [0.25, 0.3) is 10.6 Å². The Balaban J connectivity index is 1.26. The van der Waals surface area contributed by atoms with E-state index in [-0.39, 0.29) is 17.7 Å². The molecule has 3 aromatic rings. The summed E-state index contributed by atoms with van der Waals surface area (Å²) in [7, 11) is 0. The zero-order valence-electron chi connectivity index (χ0n) is 16.8. The summed E-state index contributed by atoms with van der Waals surface area (Å²) in [6, 6.07) is 17.9. The quantitative estimate of drug-likeness (QED) is 0.634. The standard InChI is InChI=1S/C24H25N3O2S/c28-22(10-9-18-5-2-1-3-6-18)27-14-11-19(12-15-27)23(29)26-21-8-4-7-20(17-21)24-25-13-16-30-24/h1-8,13,16-17,19H,9-12,14-15H2,(H,26,29). The number of anilines is 1. The van der Waals surface area contributed by atoms with Gasteiger partial charge in [0.15, 0.2) is 0 Å². The molecule has 1 aliphatic rings. The summed E-state index contributed by atoms with van der Waals surface area (Å²) in [5.41, 5.74) is 2.97. The molecule has 0 bridgehead atoms. The van der Waals surface area contributed by atoms with E-state index < -0.39 is 0 Å². The second kappa shape index (κ2) is 9.67. The maximum atomic E-state index is 12.7. The molecule has 1 N–H and O–H groups in total. The maximum Gasteiger partial charge on any atom is 0.227 e. The smallest absolute Gasteiger partial charge is 0.227 e. The van der Waals surface area contributed by atoms with Crippen molar-refractivity contribution < 1.29 is 9.59 Å². The Kier molecular flexibility index (Phi) is 6.54. The Morgan fingerprint density at radius 2 is 1.87 bits per heavy atom. The Morgan fingerprint density at radius 1 is 1.07 bits per heavy atom. The van der Waals surface area contributed by atoms with Crippen LogP contribution in [0.3, 0.4) is 0 Å². The van der Waals surface area contributed by atoms with Gasteiger partial charge in [-0.1, -0.05) is 42.5 Å². The Morgan fingerprint density at radius 3 is 2.60 bits per heavy atom. The van der Waals surface area contributed by atoms with E-state index in [1.54, 1.807) is 17.5 Å². The minimum atomic E-state index is -0.0632. The van der Waals surface area contributed by atoms with Crippen LogP contribution in [-0.4, -0.2) is 34.8 Å². The third kappa shape index (κ3) is 5.13. The largest absolute Gasteiger partial charge is 0.343 e. The number of hydrogen-bond acceptors (Lipinski definition) is 4. The third-order valence-corrected chi connectivity index (χ3v) is 6.32. The number of rotatable bonds is 6. The molecule has 0 unspecified atom stereocenters. The molecule has 0 radical (unpaired) electrons. The second-order valence-corrected chi connectivity index (χ2v) is 8.44. The van der Waals surface area contributed by atoms with Crippen LogP contribution < -0.4 is 5.32 Å². The molecule has 1 aromatic heterocycles. The topological polar surface area (TPSA) is 62.3 Å². The van der Waals surface area contributed by atoms with Crippen molar-refractivity contribution >= 4 is 28.8 Å². The van der Waals surface area contributed by atoms with Gasteiger partial charge in [0.25, 0.3) is 0 Å². The number of likely N-dealkylation sites (tertiary alicyclic amines) is 1. The molecule has 2 heterocycles. The summed E-state index contributed by atoms with van der Waals surface area (Å²) in [5, 5.41) is 5.92. The van der Waals surface area contributed by atoms with Crippen LogP contribution in [0.5, 0.6) is 0 Å².